The Hall–Kier alpha value is -3.26. The normalized spacial score (nSPS) is 14.5. The number of ether oxygens (including phenoxy) is 1. The zero-order chi connectivity index (χ0) is 20.5. The van der Waals surface area contributed by atoms with Gasteiger partial charge in [0.15, 0.2) is 11.5 Å². The highest BCUT2D eigenvalue weighted by atomic mass is 32.2. The second kappa shape index (κ2) is 7.63. The lowest BCUT2D eigenvalue weighted by atomic mass is 9.88. The number of phenolic OH excluding ortho intramolecular Hbond substituents is 1. The van der Waals surface area contributed by atoms with Crippen LogP contribution >= 0.6 is 0 Å². The van der Waals surface area contributed by atoms with E-state index in [4.69, 9.17) is 4.74 Å². The van der Waals surface area contributed by atoms with E-state index in [-0.39, 0.29) is 24.4 Å². The third-order valence-corrected chi connectivity index (χ3v) is 5.49. The number of hydrogen-bond donors (Lipinski definition) is 2. The summed E-state index contributed by atoms with van der Waals surface area (Å²) < 4.78 is 27.5. The van der Waals surface area contributed by atoms with E-state index in [0.29, 0.717) is 41.4 Å². The van der Waals surface area contributed by atoms with Gasteiger partial charge in [-0.2, -0.15) is 8.42 Å². The first-order chi connectivity index (χ1) is 14.0. The lowest BCUT2D eigenvalue weighted by molar-refractivity contribution is 0.0979. The number of rotatable bonds is 5. The summed E-state index contributed by atoms with van der Waals surface area (Å²) in [6.45, 7) is 2.94. The summed E-state index contributed by atoms with van der Waals surface area (Å²) in [5.41, 5.74) is 3.11. The molecule has 1 aliphatic heterocycles. The van der Waals surface area contributed by atoms with Gasteiger partial charge in [0.05, 0.1) is 23.5 Å². The van der Waals surface area contributed by atoms with E-state index in [9.17, 15) is 18.3 Å². The number of benzene rings is 2. The molecule has 150 valence electrons. The smallest absolute Gasteiger partial charge is 0.210 e. The standard InChI is InChI=1S/C21H20N2O5S/c1-2-23-14-6-3-4-7-17(14)28-18-12-16(25)13-8-9-15(24)20(19(13)21(18)23)22-10-5-11-29(26)27/h3-4,6-9,11,22,24H,2,5,10,12H2,1H3. The molecule has 0 radical (unpaired) electrons. The number of hydrogen-bond acceptors (Lipinski definition) is 7. The van der Waals surface area contributed by atoms with Crippen molar-refractivity contribution in [3.8, 4) is 11.5 Å². The van der Waals surface area contributed by atoms with Gasteiger partial charge in [0.25, 0.3) is 0 Å². The number of para-hydroxylation sites is 2. The van der Waals surface area contributed by atoms with Crippen LogP contribution in [0.25, 0.3) is 5.70 Å². The third-order valence-electron chi connectivity index (χ3n) is 4.98. The zero-order valence-electron chi connectivity index (χ0n) is 15.8. The van der Waals surface area contributed by atoms with E-state index in [1.54, 1.807) is 6.07 Å². The molecule has 0 bridgehead atoms. The van der Waals surface area contributed by atoms with Crippen molar-refractivity contribution >= 4 is 38.5 Å². The van der Waals surface area contributed by atoms with E-state index in [1.807, 2.05) is 31.2 Å². The van der Waals surface area contributed by atoms with E-state index >= 15 is 0 Å². The predicted octanol–water partition coefficient (Wildman–Crippen LogP) is 3.05. The number of fused-ring (bicyclic) bond motifs is 3. The Morgan fingerprint density at radius 3 is 2.79 bits per heavy atom. The maximum atomic E-state index is 12.8. The molecule has 0 atom stereocenters. The van der Waals surface area contributed by atoms with Crippen LogP contribution < -0.4 is 15.0 Å². The number of nitrogens with zero attached hydrogens (tertiary/aromatic N) is 1. The molecule has 0 fully saturated rings. The molecule has 0 saturated heterocycles. The van der Waals surface area contributed by atoms with Gasteiger partial charge in [-0.15, -0.1) is 0 Å². The van der Waals surface area contributed by atoms with Crippen LogP contribution in [0.2, 0.25) is 0 Å². The summed E-state index contributed by atoms with van der Waals surface area (Å²) in [7, 11) is -2.24. The number of carbonyl (C=O) groups excluding carboxylic acids is 1. The van der Waals surface area contributed by atoms with Gasteiger partial charge < -0.3 is 20.1 Å². The van der Waals surface area contributed by atoms with Gasteiger partial charge in [-0.05, 0) is 37.6 Å². The van der Waals surface area contributed by atoms with Crippen LogP contribution in [0.4, 0.5) is 11.4 Å². The van der Waals surface area contributed by atoms with E-state index in [1.165, 1.54) is 6.07 Å². The van der Waals surface area contributed by atoms with Gasteiger partial charge in [0, 0.05) is 29.6 Å². The summed E-state index contributed by atoms with van der Waals surface area (Å²) in [5.74, 6) is 1.13. The molecule has 4 rings (SSSR count). The first-order valence-corrected chi connectivity index (χ1v) is 10.5. The number of Topliss-reactive ketones (excluding diaryl/α,β-unsaturated/α-hetero) is 1. The Bertz CT molecular complexity index is 1160. The lowest BCUT2D eigenvalue weighted by Crippen LogP contribution is -2.32. The summed E-state index contributed by atoms with van der Waals surface area (Å²) in [6, 6.07) is 10.7. The van der Waals surface area contributed by atoms with Crippen LogP contribution in [0.3, 0.4) is 0 Å². The Balaban J connectivity index is 1.85. The molecular weight excluding hydrogens is 392 g/mol. The highest BCUT2D eigenvalue weighted by Gasteiger charge is 2.36. The summed E-state index contributed by atoms with van der Waals surface area (Å²) in [4.78, 5) is 14.9. The van der Waals surface area contributed by atoms with Gasteiger partial charge in [-0.25, -0.2) is 0 Å². The largest absolute Gasteiger partial charge is 0.506 e. The first-order valence-electron chi connectivity index (χ1n) is 9.33. The number of aromatic hydroxyl groups is 1. The maximum absolute atomic E-state index is 12.8. The van der Waals surface area contributed by atoms with Crippen molar-refractivity contribution in [3.05, 3.63) is 53.3 Å². The fourth-order valence-electron chi connectivity index (χ4n) is 3.78. The fourth-order valence-corrected chi connectivity index (χ4v) is 4.09. The fraction of sp³-hybridized carbons (Fsp3) is 0.238. The van der Waals surface area contributed by atoms with Crippen molar-refractivity contribution in [2.45, 2.75) is 19.8 Å². The predicted molar refractivity (Wildman–Crippen MR) is 112 cm³/mol. The van der Waals surface area contributed by atoms with Crippen LogP contribution in [0.5, 0.6) is 11.5 Å². The molecule has 0 amide bonds. The number of nitrogens with one attached hydrogen (secondary N) is 1. The van der Waals surface area contributed by atoms with Crippen molar-refractivity contribution < 1.29 is 23.1 Å². The van der Waals surface area contributed by atoms with Crippen LogP contribution in [0.15, 0.2) is 42.2 Å². The lowest BCUT2D eigenvalue weighted by Gasteiger charge is -2.37. The Kier molecular flexibility index (Phi) is 5.02. The minimum atomic E-state index is -2.24. The minimum Gasteiger partial charge on any atom is -0.506 e. The Morgan fingerprint density at radius 1 is 1.24 bits per heavy atom. The van der Waals surface area contributed by atoms with Gasteiger partial charge in [0.2, 0.25) is 10.3 Å². The maximum Gasteiger partial charge on any atom is 0.210 e. The highest BCUT2D eigenvalue weighted by molar-refractivity contribution is 7.71. The van der Waals surface area contributed by atoms with Crippen molar-refractivity contribution in [2.24, 2.45) is 0 Å². The number of ketones is 1. The molecule has 7 nitrogen and oxygen atoms in total. The molecule has 29 heavy (non-hydrogen) atoms. The summed E-state index contributed by atoms with van der Waals surface area (Å²) in [6.07, 6.45) is 0.399. The number of phenols is 1. The van der Waals surface area contributed by atoms with Gasteiger partial charge >= 0.3 is 0 Å². The molecule has 0 saturated carbocycles. The quantitative estimate of drug-likeness (QED) is 0.443. The Labute approximate surface area is 169 Å². The molecule has 2 N–H and O–H groups in total. The van der Waals surface area contributed by atoms with Gasteiger partial charge in [-0.3, -0.25) is 4.79 Å². The monoisotopic (exact) mass is 412 g/mol. The van der Waals surface area contributed by atoms with Crippen molar-refractivity contribution in [1.82, 2.24) is 0 Å². The topological polar surface area (TPSA) is 95.9 Å². The summed E-state index contributed by atoms with van der Waals surface area (Å²) >= 11 is 0. The SMILES string of the molecule is CCN1C2=C(CC(=O)c3ccc(O)c(NCCC=S(=O)=O)c32)Oc2ccccc21. The first kappa shape index (κ1) is 19.1. The van der Waals surface area contributed by atoms with E-state index in [0.717, 1.165) is 16.8 Å². The molecule has 2 aromatic carbocycles. The second-order valence-electron chi connectivity index (χ2n) is 6.71. The van der Waals surface area contributed by atoms with E-state index in [2.05, 4.69) is 10.2 Å². The van der Waals surface area contributed by atoms with Crippen molar-refractivity contribution in [3.63, 3.8) is 0 Å². The molecular formula is C21H20N2O5S. The Morgan fingerprint density at radius 2 is 2.03 bits per heavy atom. The number of anilines is 2. The average Bonchev–Trinajstić information content (AvgIpc) is 2.70. The van der Waals surface area contributed by atoms with Gasteiger partial charge in [0.1, 0.15) is 11.5 Å². The third kappa shape index (κ3) is 3.36. The molecule has 0 aromatic heterocycles. The van der Waals surface area contributed by atoms with Gasteiger partial charge in [-0.1, -0.05) is 12.1 Å². The van der Waals surface area contributed by atoms with Crippen LogP contribution in [-0.2, 0) is 10.3 Å². The summed E-state index contributed by atoms with van der Waals surface area (Å²) in [5, 5.41) is 14.8. The second-order valence-corrected chi connectivity index (χ2v) is 7.56. The van der Waals surface area contributed by atoms with E-state index < -0.39 is 10.3 Å². The molecule has 2 aromatic rings. The van der Waals surface area contributed by atoms with Crippen LogP contribution in [-0.4, -0.2) is 37.8 Å². The number of carbonyl (C=O) groups is 1. The minimum absolute atomic E-state index is 0.0107. The molecule has 1 aliphatic carbocycles. The number of allylic oxidation sites excluding steroid dienone is 1. The van der Waals surface area contributed by atoms with Crippen molar-refractivity contribution in [1.29, 1.82) is 0 Å². The molecule has 0 spiro atoms. The average molecular weight is 412 g/mol. The van der Waals surface area contributed by atoms with Crippen LogP contribution in [0.1, 0.15) is 35.7 Å². The van der Waals surface area contributed by atoms with Crippen LogP contribution in [0, 0.1) is 0 Å². The van der Waals surface area contributed by atoms with Crippen molar-refractivity contribution in [2.75, 3.05) is 23.3 Å². The molecule has 1 heterocycles. The zero-order valence-corrected chi connectivity index (χ0v) is 16.6. The molecule has 8 heteroatoms. The highest BCUT2D eigenvalue weighted by Crippen LogP contribution is 2.48. The molecule has 0 unspecified atom stereocenters. The molecule has 2 aliphatic rings.